The lowest BCUT2D eigenvalue weighted by molar-refractivity contribution is -0.140. The highest BCUT2D eigenvalue weighted by molar-refractivity contribution is 5.80. The minimum Gasteiger partial charge on any atom is -0.341 e. The van der Waals surface area contributed by atoms with E-state index in [4.69, 9.17) is 0 Å². The molecular weight excluding hydrogens is 328 g/mol. The Morgan fingerprint density at radius 3 is 2.92 bits per heavy atom. The normalized spacial score (nSPS) is 21.5. The average molecular weight is 351 g/mol. The zero-order valence-electron chi connectivity index (χ0n) is 14.1. The summed E-state index contributed by atoms with van der Waals surface area (Å²) in [5.41, 5.74) is 0.221. The summed E-state index contributed by atoms with van der Waals surface area (Å²) < 4.78 is 26.9. The number of rotatable bonds is 4. The predicted molar refractivity (Wildman–Crippen MR) is 88.9 cm³/mol. The first kappa shape index (κ1) is 17.8. The molecule has 1 atom stereocenters. The van der Waals surface area contributed by atoms with Crippen LogP contribution in [0.2, 0.25) is 0 Å². The molecule has 2 saturated heterocycles. The molecule has 1 aromatic rings. The predicted octanol–water partition coefficient (Wildman–Crippen LogP) is 1.32. The lowest BCUT2D eigenvalue weighted by Crippen LogP contribution is -2.57. The SMILES string of the molecule is O=C(CCc1cccc(F)c1F)N1CCCC(N2CCNCC2=O)C1. The lowest BCUT2D eigenvalue weighted by atomic mass is 10.0. The molecular formula is C18H23F2N3O2. The smallest absolute Gasteiger partial charge is 0.236 e. The molecule has 0 aromatic heterocycles. The maximum absolute atomic E-state index is 13.7. The maximum atomic E-state index is 13.7. The second-order valence-corrected chi connectivity index (χ2v) is 6.61. The Kier molecular flexibility index (Phi) is 5.63. The van der Waals surface area contributed by atoms with Gasteiger partial charge >= 0.3 is 0 Å². The zero-order chi connectivity index (χ0) is 17.8. The van der Waals surface area contributed by atoms with Crippen molar-refractivity contribution in [2.75, 3.05) is 32.7 Å². The summed E-state index contributed by atoms with van der Waals surface area (Å²) in [5, 5.41) is 3.05. The molecule has 3 rings (SSSR count). The number of piperidine rings is 1. The van der Waals surface area contributed by atoms with Crippen LogP contribution in [0.1, 0.15) is 24.8 Å². The number of halogens is 2. The standard InChI is InChI=1S/C18H23F2N3O2/c19-15-5-1-3-13(18(15)20)6-7-16(24)22-9-2-4-14(12-22)23-10-8-21-11-17(23)25/h1,3,5,14,21H,2,4,6-12H2. The summed E-state index contributed by atoms with van der Waals surface area (Å²) in [4.78, 5) is 28.1. The van der Waals surface area contributed by atoms with Crippen LogP contribution in [0.3, 0.4) is 0 Å². The average Bonchev–Trinajstić information content (AvgIpc) is 2.63. The molecule has 7 heteroatoms. The van der Waals surface area contributed by atoms with Crippen molar-refractivity contribution in [1.82, 2.24) is 15.1 Å². The van der Waals surface area contributed by atoms with Crippen LogP contribution < -0.4 is 5.32 Å². The van der Waals surface area contributed by atoms with Gasteiger partial charge < -0.3 is 15.1 Å². The van der Waals surface area contributed by atoms with Crippen molar-refractivity contribution in [2.45, 2.75) is 31.7 Å². The molecule has 0 saturated carbocycles. The van der Waals surface area contributed by atoms with Crippen molar-refractivity contribution in [3.63, 3.8) is 0 Å². The molecule has 5 nitrogen and oxygen atoms in total. The maximum Gasteiger partial charge on any atom is 0.236 e. The first-order valence-corrected chi connectivity index (χ1v) is 8.77. The van der Waals surface area contributed by atoms with E-state index in [0.29, 0.717) is 26.2 Å². The second-order valence-electron chi connectivity index (χ2n) is 6.61. The first-order chi connectivity index (χ1) is 12.1. The monoisotopic (exact) mass is 351 g/mol. The van der Waals surface area contributed by atoms with Crippen molar-refractivity contribution in [3.8, 4) is 0 Å². The van der Waals surface area contributed by atoms with Crippen LogP contribution in [-0.2, 0) is 16.0 Å². The third kappa shape index (κ3) is 4.15. The van der Waals surface area contributed by atoms with Gasteiger partial charge in [0.15, 0.2) is 11.6 Å². The lowest BCUT2D eigenvalue weighted by Gasteiger charge is -2.41. The number of aryl methyl sites for hydroxylation is 1. The zero-order valence-corrected chi connectivity index (χ0v) is 14.1. The number of hydrogen-bond donors (Lipinski definition) is 1. The number of carbonyl (C=O) groups excluding carboxylic acids is 2. The van der Waals surface area contributed by atoms with E-state index in [1.54, 1.807) is 4.90 Å². The molecule has 2 heterocycles. The van der Waals surface area contributed by atoms with Crippen LogP contribution in [0.25, 0.3) is 0 Å². The van der Waals surface area contributed by atoms with Crippen LogP contribution in [0.4, 0.5) is 8.78 Å². The van der Waals surface area contributed by atoms with Crippen molar-refractivity contribution in [2.24, 2.45) is 0 Å². The Hall–Kier alpha value is -2.02. The van der Waals surface area contributed by atoms with Gasteiger partial charge in [-0.25, -0.2) is 8.78 Å². The molecule has 0 radical (unpaired) electrons. The fourth-order valence-electron chi connectivity index (χ4n) is 3.58. The third-order valence-corrected chi connectivity index (χ3v) is 4.96. The largest absolute Gasteiger partial charge is 0.341 e. The Labute approximate surface area is 146 Å². The van der Waals surface area contributed by atoms with Gasteiger partial charge in [-0.15, -0.1) is 0 Å². The number of nitrogens with zero attached hydrogens (tertiary/aromatic N) is 2. The van der Waals surface area contributed by atoms with Crippen molar-refractivity contribution in [3.05, 3.63) is 35.4 Å². The summed E-state index contributed by atoms with van der Waals surface area (Å²) in [6.45, 7) is 2.97. The summed E-state index contributed by atoms with van der Waals surface area (Å²) >= 11 is 0. The fraction of sp³-hybridized carbons (Fsp3) is 0.556. The van der Waals surface area contributed by atoms with Gasteiger partial charge in [-0.1, -0.05) is 12.1 Å². The van der Waals surface area contributed by atoms with Crippen LogP contribution in [0.15, 0.2) is 18.2 Å². The summed E-state index contributed by atoms with van der Waals surface area (Å²) in [6, 6.07) is 4.08. The molecule has 0 bridgehead atoms. The number of nitrogens with one attached hydrogen (secondary N) is 1. The van der Waals surface area contributed by atoms with Gasteiger partial charge in [0.05, 0.1) is 6.54 Å². The van der Waals surface area contributed by atoms with Gasteiger partial charge in [0.1, 0.15) is 0 Å². The number of likely N-dealkylation sites (tertiary alicyclic amines) is 1. The Morgan fingerprint density at radius 2 is 2.12 bits per heavy atom. The summed E-state index contributed by atoms with van der Waals surface area (Å²) in [7, 11) is 0. The number of benzene rings is 1. The van der Waals surface area contributed by atoms with Crippen LogP contribution >= 0.6 is 0 Å². The van der Waals surface area contributed by atoms with E-state index >= 15 is 0 Å². The molecule has 2 amide bonds. The van der Waals surface area contributed by atoms with Crippen molar-refractivity contribution >= 4 is 11.8 Å². The third-order valence-electron chi connectivity index (χ3n) is 4.96. The highest BCUT2D eigenvalue weighted by Crippen LogP contribution is 2.19. The van der Waals surface area contributed by atoms with Crippen molar-refractivity contribution < 1.29 is 18.4 Å². The van der Waals surface area contributed by atoms with E-state index in [9.17, 15) is 18.4 Å². The molecule has 0 spiro atoms. The second kappa shape index (κ2) is 7.91. The Morgan fingerprint density at radius 1 is 1.28 bits per heavy atom. The van der Waals surface area contributed by atoms with Gasteiger partial charge in [0.25, 0.3) is 0 Å². The van der Waals surface area contributed by atoms with Crippen molar-refractivity contribution in [1.29, 1.82) is 0 Å². The van der Waals surface area contributed by atoms with Gasteiger partial charge in [-0.3, -0.25) is 9.59 Å². The first-order valence-electron chi connectivity index (χ1n) is 8.77. The highest BCUT2D eigenvalue weighted by Gasteiger charge is 2.31. The Balaban J connectivity index is 1.56. The molecule has 1 aromatic carbocycles. The van der Waals surface area contributed by atoms with E-state index in [1.807, 2.05) is 4.90 Å². The van der Waals surface area contributed by atoms with E-state index in [-0.39, 0.29) is 36.3 Å². The number of hydrogen-bond acceptors (Lipinski definition) is 3. The molecule has 136 valence electrons. The van der Waals surface area contributed by atoms with Crippen LogP contribution in [-0.4, -0.2) is 60.4 Å². The quantitative estimate of drug-likeness (QED) is 0.890. The van der Waals surface area contributed by atoms with Gasteiger partial charge in [0, 0.05) is 38.6 Å². The molecule has 2 aliphatic rings. The van der Waals surface area contributed by atoms with Gasteiger partial charge in [-0.2, -0.15) is 0 Å². The molecule has 0 aliphatic carbocycles. The molecule has 2 aliphatic heterocycles. The number of piperazine rings is 1. The van der Waals surface area contributed by atoms with E-state index in [2.05, 4.69) is 5.32 Å². The fourth-order valence-corrected chi connectivity index (χ4v) is 3.58. The summed E-state index contributed by atoms with van der Waals surface area (Å²) in [6.07, 6.45) is 2.06. The molecule has 1 N–H and O–H groups in total. The van der Waals surface area contributed by atoms with Gasteiger partial charge in [0.2, 0.25) is 11.8 Å². The van der Waals surface area contributed by atoms with E-state index < -0.39 is 11.6 Å². The minimum atomic E-state index is -0.889. The molecule has 1 unspecified atom stereocenters. The molecule has 2 fully saturated rings. The minimum absolute atomic E-state index is 0.0539. The van der Waals surface area contributed by atoms with Crippen LogP contribution in [0.5, 0.6) is 0 Å². The van der Waals surface area contributed by atoms with E-state index in [0.717, 1.165) is 25.5 Å². The number of carbonyl (C=O) groups is 2. The summed E-state index contributed by atoms with van der Waals surface area (Å²) in [5.74, 6) is -1.76. The van der Waals surface area contributed by atoms with Gasteiger partial charge in [-0.05, 0) is 30.9 Å². The topological polar surface area (TPSA) is 52.7 Å². The van der Waals surface area contributed by atoms with E-state index in [1.165, 1.54) is 12.1 Å². The number of amides is 2. The highest BCUT2D eigenvalue weighted by atomic mass is 19.2. The Bertz CT molecular complexity index is 653. The van der Waals surface area contributed by atoms with Crippen LogP contribution in [0, 0.1) is 11.6 Å². The molecule has 25 heavy (non-hydrogen) atoms.